The molecule has 0 spiro atoms. The largest absolute Gasteiger partial charge is 0.238 e. The first kappa shape index (κ1) is 18.1. The van der Waals surface area contributed by atoms with Crippen LogP contribution in [0.1, 0.15) is 0 Å². The van der Waals surface area contributed by atoms with Gasteiger partial charge in [0, 0.05) is 6.07 Å². The highest BCUT2D eigenvalue weighted by atomic mass is 32.2. The molecule has 0 aliphatic rings. The fourth-order valence-corrected chi connectivity index (χ4v) is 3.07. The molecule has 26 heavy (non-hydrogen) atoms. The first-order valence-electron chi connectivity index (χ1n) is 7.24. The van der Waals surface area contributed by atoms with Gasteiger partial charge in [0.15, 0.2) is 11.6 Å². The van der Waals surface area contributed by atoms with E-state index in [0.29, 0.717) is 11.6 Å². The van der Waals surface area contributed by atoms with Crippen LogP contribution >= 0.6 is 0 Å². The summed E-state index contributed by atoms with van der Waals surface area (Å²) in [6.45, 7) is 0. The highest BCUT2D eigenvalue weighted by molar-refractivity contribution is 7.89. The second kappa shape index (κ2) is 6.54. The van der Waals surface area contributed by atoms with Gasteiger partial charge in [0.25, 0.3) is 0 Å². The summed E-state index contributed by atoms with van der Waals surface area (Å²) < 4.78 is 77.2. The second-order valence-corrected chi connectivity index (χ2v) is 7.10. The Labute approximate surface area is 146 Å². The molecule has 0 saturated heterocycles. The lowest BCUT2D eigenvalue weighted by Gasteiger charge is -2.12. The molecule has 8 heteroatoms. The van der Waals surface area contributed by atoms with Crippen LogP contribution in [0.3, 0.4) is 0 Å². The normalized spacial score (nSPS) is 11.6. The molecule has 0 radical (unpaired) electrons. The van der Waals surface area contributed by atoms with Crippen molar-refractivity contribution in [3.05, 3.63) is 77.9 Å². The van der Waals surface area contributed by atoms with Crippen LogP contribution in [-0.4, -0.2) is 8.42 Å². The van der Waals surface area contributed by atoms with E-state index in [1.54, 1.807) is 0 Å². The van der Waals surface area contributed by atoms with Gasteiger partial charge in [-0.1, -0.05) is 12.1 Å². The summed E-state index contributed by atoms with van der Waals surface area (Å²) in [5.41, 5.74) is 0.503. The van der Waals surface area contributed by atoms with Crippen molar-refractivity contribution in [2.45, 2.75) is 4.90 Å². The maximum absolute atomic E-state index is 13.7. The lowest BCUT2D eigenvalue weighted by molar-refractivity contribution is 0.509. The Balaban J connectivity index is 2.22. The minimum absolute atomic E-state index is 0.00641. The zero-order valence-corrected chi connectivity index (χ0v) is 13.8. The Morgan fingerprint density at radius 2 is 1.12 bits per heavy atom. The van der Waals surface area contributed by atoms with Crippen molar-refractivity contribution in [3.8, 4) is 22.3 Å². The molecule has 3 aromatic carbocycles. The third kappa shape index (κ3) is 3.61. The Morgan fingerprint density at radius 1 is 0.654 bits per heavy atom. The summed E-state index contributed by atoms with van der Waals surface area (Å²) in [5, 5.41) is 5.02. The van der Waals surface area contributed by atoms with E-state index in [1.165, 1.54) is 24.3 Å². The SMILES string of the molecule is NS(=O)(=O)c1ccc(-c2cc(F)c(F)cc2-c2cc(F)cc(F)c2)cc1. The molecule has 0 unspecified atom stereocenters. The maximum atomic E-state index is 13.7. The molecular formula is C18H11F4NO2S. The molecule has 0 bridgehead atoms. The van der Waals surface area contributed by atoms with Gasteiger partial charge in [0.2, 0.25) is 10.0 Å². The highest BCUT2D eigenvalue weighted by Gasteiger charge is 2.16. The average Bonchev–Trinajstić information content (AvgIpc) is 2.55. The summed E-state index contributed by atoms with van der Waals surface area (Å²) in [7, 11) is -3.92. The summed E-state index contributed by atoms with van der Waals surface area (Å²) in [6, 6.07) is 9.40. The standard InChI is InChI=1S/C18H11F4NO2S/c19-12-5-11(6-13(20)7-12)16-9-18(22)17(21)8-15(16)10-1-3-14(4-2-10)26(23,24)25/h1-9H,(H2,23,24,25). The number of halogens is 4. The Kier molecular flexibility index (Phi) is 4.55. The molecule has 3 nitrogen and oxygen atoms in total. The predicted octanol–water partition coefficient (Wildman–Crippen LogP) is 4.22. The van der Waals surface area contributed by atoms with Gasteiger partial charge in [-0.15, -0.1) is 0 Å². The molecule has 3 aromatic rings. The summed E-state index contributed by atoms with van der Waals surface area (Å²) in [5.74, 6) is -4.09. The molecule has 0 aromatic heterocycles. The molecule has 0 saturated carbocycles. The van der Waals surface area contributed by atoms with Crippen LogP contribution in [0.15, 0.2) is 59.5 Å². The van der Waals surface area contributed by atoms with E-state index in [1.807, 2.05) is 0 Å². The third-order valence-electron chi connectivity index (χ3n) is 3.73. The molecule has 0 atom stereocenters. The Bertz CT molecular complexity index is 1080. The van der Waals surface area contributed by atoms with Crippen LogP contribution in [0, 0.1) is 23.3 Å². The number of primary sulfonamides is 1. The van der Waals surface area contributed by atoms with Crippen molar-refractivity contribution in [1.82, 2.24) is 0 Å². The van der Waals surface area contributed by atoms with Gasteiger partial charge in [0.05, 0.1) is 4.90 Å². The van der Waals surface area contributed by atoms with E-state index in [-0.39, 0.29) is 21.6 Å². The first-order valence-corrected chi connectivity index (χ1v) is 8.78. The molecule has 2 N–H and O–H groups in total. The van der Waals surface area contributed by atoms with E-state index < -0.39 is 33.3 Å². The topological polar surface area (TPSA) is 60.2 Å². The van der Waals surface area contributed by atoms with Crippen LogP contribution in [-0.2, 0) is 10.0 Å². The lowest BCUT2D eigenvalue weighted by Crippen LogP contribution is -2.11. The van der Waals surface area contributed by atoms with E-state index in [4.69, 9.17) is 5.14 Å². The van der Waals surface area contributed by atoms with Crippen LogP contribution in [0.2, 0.25) is 0 Å². The van der Waals surface area contributed by atoms with E-state index in [0.717, 1.165) is 24.3 Å². The van der Waals surface area contributed by atoms with Crippen molar-refractivity contribution in [1.29, 1.82) is 0 Å². The van der Waals surface area contributed by atoms with Gasteiger partial charge in [-0.3, -0.25) is 0 Å². The molecule has 0 aliphatic heterocycles. The van der Waals surface area contributed by atoms with Crippen molar-refractivity contribution in [2.75, 3.05) is 0 Å². The number of rotatable bonds is 3. The van der Waals surface area contributed by atoms with Crippen LogP contribution in [0.4, 0.5) is 17.6 Å². The molecule has 0 heterocycles. The van der Waals surface area contributed by atoms with E-state index >= 15 is 0 Å². The summed E-state index contributed by atoms with van der Waals surface area (Å²) in [4.78, 5) is -0.165. The van der Waals surface area contributed by atoms with Gasteiger partial charge < -0.3 is 0 Å². The van der Waals surface area contributed by atoms with Gasteiger partial charge >= 0.3 is 0 Å². The van der Waals surface area contributed by atoms with Gasteiger partial charge in [-0.2, -0.15) is 0 Å². The highest BCUT2D eigenvalue weighted by Crippen LogP contribution is 2.35. The van der Waals surface area contributed by atoms with Crippen molar-refractivity contribution < 1.29 is 26.0 Å². The lowest BCUT2D eigenvalue weighted by atomic mass is 9.94. The maximum Gasteiger partial charge on any atom is 0.238 e. The molecular weight excluding hydrogens is 370 g/mol. The van der Waals surface area contributed by atoms with Crippen LogP contribution < -0.4 is 5.14 Å². The van der Waals surface area contributed by atoms with Gasteiger partial charge in [-0.05, 0) is 58.7 Å². The number of hydrogen-bond acceptors (Lipinski definition) is 2. The van der Waals surface area contributed by atoms with Gasteiger partial charge in [-0.25, -0.2) is 31.1 Å². The Morgan fingerprint density at radius 3 is 1.58 bits per heavy atom. The Hall–Kier alpha value is -2.71. The summed E-state index contributed by atoms with van der Waals surface area (Å²) >= 11 is 0. The molecule has 3 rings (SSSR count). The first-order chi connectivity index (χ1) is 12.1. The second-order valence-electron chi connectivity index (χ2n) is 5.54. The van der Waals surface area contributed by atoms with Crippen LogP contribution in [0.25, 0.3) is 22.3 Å². The monoisotopic (exact) mass is 381 g/mol. The fourth-order valence-electron chi connectivity index (χ4n) is 2.56. The van der Waals surface area contributed by atoms with Crippen molar-refractivity contribution in [3.63, 3.8) is 0 Å². The summed E-state index contributed by atoms with van der Waals surface area (Å²) in [6.07, 6.45) is 0. The number of nitrogens with two attached hydrogens (primary N) is 1. The quantitative estimate of drug-likeness (QED) is 0.691. The van der Waals surface area contributed by atoms with Crippen molar-refractivity contribution in [2.24, 2.45) is 5.14 Å². The minimum atomic E-state index is -3.92. The molecule has 0 fully saturated rings. The molecule has 0 amide bonds. The zero-order chi connectivity index (χ0) is 19.1. The molecule has 134 valence electrons. The van der Waals surface area contributed by atoms with E-state index in [9.17, 15) is 26.0 Å². The van der Waals surface area contributed by atoms with Crippen LogP contribution in [0.5, 0.6) is 0 Å². The fraction of sp³-hybridized carbons (Fsp3) is 0. The number of sulfonamides is 1. The van der Waals surface area contributed by atoms with Gasteiger partial charge in [0.1, 0.15) is 11.6 Å². The predicted molar refractivity (Wildman–Crippen MR) is 88.5 cm³/mol. The number of benzene rings is 3. The van der Waals surface area contributed by atoms with E-state index in [2.05, 4.69) is 0 Å². The number of hydrogen-bond donors (Lipinski definition) is 1. The smallest absolute Gasteiger partial charge is 0.225 e. The minimum Gasteiger partial charge on any atom is -0.225 e. The van der Waals surface area contributed by atoms with Crippen molar-refractivity contribution >= 4 is 10.0 Å². The zero-order valence-electron chi connectivity index (χ0n) is 13.0. The molecule has 0 aliphatic carbocycles. The third-order valence-corrected chi connectivity index (χ3v) is 4.66. The average molecular weight is 381 g/mol.